The van der Waals surface area contributed by atoms with Crippen molar-refractivity contribution in [1.82, 2.24) is 0 Å². The summed E-state index contributed by atoms with van der Waals surface area (Å²) in [4.78, 5) is 12.2. The van der Waals surface area contributed by atoms with Crippen molar-refractivity contribution in [3.8, 4) is 11.5 Å². The van der Waals surface area contributed by atoms with Crippen LogP contribution >= 0.6 is 0 Å². The predicted molar refractivity (Wildman–Crippen MR) is 110 cm³/mol. The van der Waals surface area contributed by atoms with Gasteiger partial charge in [-0.2, -0.15) is 0 Å². The summed E-state index contributed by atoms with van der Waals surface area (Å²) in [6.07, 6.45) is 3.96. The molecule has 6 nitrogen and oxygen atoms in total. The zero-order valence-electron chi connectivity index (χ0n) is 15.9. The minimum Gasteiger partial charge on any atom is -0.491 e. The Morgan fingerprint density at radius 1 is 1.14 bits per heavy atom. The fourth-order valence-corrected chi connectivity index (χ4v) is 2.87. The van der Waals surface area contributed by atoms with E-state index in [1.807, 2.05) is 48.5 Å². The van der Waals surface area contributed by atoms with E-state index in [2.05, 4.69) is 17.2 Å². The minimum atomic E-state index is -0.145. The van der Waals surface area contributed by atoms with Crippen molar-refractivity contribution in [2.24, 2.45) is 0 Å². The number of ether oxygens (including phenoxy) is 3. The van der Waals surface area contributed by atoms with Crippen molar-refractivity contribution < 1.29 is 19.0 Å². The third kappa shape index (κ3) is 6.32. The highest BCUT2D eigenvalue weighted by Gasteiger charge is 2.16. The zero-order valence-corrected chi connectivity index (χ0v) is 15.9. The number of rotatable bonds is 10. The Morgan fingerprint density at radius 2 is 1.89 bits per heavy atom. The maximum atomic E-state index is 12.2. The van der Waals surface area contributed by atoms with Gasteiger partial charge in [0.15, 0.2) is 0 Å². The lowest BCUT2D eigenvalue weighted by Gasteiger charge is -2.13. The Hall–Kier alpha value is -2.99. The first-order valence-corrected chi connectivity index (χ1v) is 9.45. The molecule has 2 N–H and O–H groups in total. The Balaban J connectivity index is 1.46. The average Bonchev–Trinajstić information content (AvgIpc) is 3.23. The molecule has 3 rings (SSSR count). The fourth-order valence-electron chi connectivity index (χ4n) is 2.87. The smallest absolute Gasteiger partial charge is 0.243 e. The van der Waals surface area contributed by atoms with Crippen LogP contribution in [0.15, 0.2) is 61.2 Å². The van der Waals surface area contributed by atoms with Crippen LogP contribution in [0.25, 0.3) is 0 Å². The lowest BCUT2D eigenvalue weighted by Crippen LogP contribution is -2.21. The summed E-state index contributed by atoms with van der Waals surface area (Å²) in [5.41, 5.74) is 1.50. The molecule has 1 atom stereocenters. The number of hydrogen-bond donors (Lipinski definition) is 2. The second kappa shape index (κ2) is 10.4. The van der Waals surface area contributed by atoms with Crippen LogP contribution < -0.4 is 20.1 Å². The van der Waals surface area contributed by atoms with Crippen LogP contribution in [0.1, 0.15) is 12.8 Å². The van der Waals surface area contributed by atoms with Crippen LogP contribution in [0, 0.1) is 0 Å². The Morgan fingerprint density at radius 3 is 2.64 bits per heavy atom. The zero-order chi connectivity index (χ0) is 19.6. The third-order valence-corrected chi connectivity index (χ3v) is 4.23. The van der Waals surface area contributed by atoms with E-state index in [4.69, 9.17) is 14.2 Å². The van der Waals surface area contributed by atoms with Crippen LogP contribution in [0.5, 0.6) is 11.5 Å². The molecule has 148 valence electrons. The van der Waals surface area contributed by atoms with E-state index in [1.165, 1.54) is 0 Å². The molecule has 2 aromatic rings. The summed E-state index contributed by atoms with van der Waals surface area (Å²) in [6.45, 7) is 5.55. The van der Waals surface area contributed by atoms with Crippen molar-refractivity contribution in [2.45, 2.75) is 18.9 Å². The van der Waals surface area contributed by atoms with Gasteiger partial charge >= 0.3 is 0 Å². The lowest BCUT2D eigenvalue weighted by atomic mass is 10.2. The highest BCUT2D eigenvalue weighted by Crippen LogP contribution is 2.20. The SMILES string of the molecule is C=CCOc1cccc(NCC(=O)Nc2cccc(OCC3CCCO3)c2)c1. The second-order valence-corrected chi connectivity index (χ2v) is 6.50. The molecule has 1 aliphatic heterocycles. The largest absolute Gasteiger partial charge is 0.491 e. The number of anilines is 2. The molecule has 1 heterocycles. The van der Waals surface area contributed by atoms with Crippen LogP contribution in [0.3, 0.4) is 0 Å². The van der Waals surface area contributed by atoms with E-state index < -0.39 is 0 Å². The van der Waals surface area contributed by atoms with Crippen LogP contribution in [0.4, 0.5) is 11.4 Å². The maximum absolute atomic E-state index is 12.2. The molecular weight excluding hydrogens is 356 g/mol. The summed E-state index contributed by atoms with van der Waals surface area (Å²) in [5.74, 6) is 1.29. The van der Waals surface area contributed by atoms with Crippen LogP contribution in [-0.4, -0.2) is 38.4 Å². The molecule has 0 aliphatic carbocycles. The Bertz CT molecular complexity index is 788. The molecule has 1 saturated heterocycles. The van der Waals surface area contributed by atoms with E-state index in [9.17, 15) is 4.79 Å². The van der Waals surface area contributed by atoms with Crippen molar-refractivity contribution >= 4 is 17.3 Å². The summed E-state index contributed by atoms with van der Waals surface area (Å²) in [7, 11) is 0. The number of amides is 1. The second-order valence-electron chi connectivity index (χ2n) is 6.50. The number of carbonyl (C=O) groups is 1. The molecule has 0 spiro atoms. The van der Waals surface area contributed by atoms with Gasteiger partial charge in [-0.25, -0.2) is 0 Å². The molecule has 0 aromatic heterocycles. The number of nitrogens with one attached hydrogen (secondary N) is 2. The first kappa shape index (κ1) is 19.8. The monoisotopic (exact) mass is 382 g/mol. The Labute approximate surface area is 165 Å². The van der Waals surface area contributed by atoms with Gasteiger partial charge < -0.3 is 24.8 Å². The van der Waals surface area contributed by atoms with Gasteiger partial charge in [-0.1, -0.05) is 24.8 Å². The van der Waals surface area contributed by atoms with Gasteiger partial charge in [0.1, 0.15) is 24.7 Å². The van der Waals surface area contributed by atoms with Crippen molar-refractivity contribution in [3.63, 3.8) is 0 Å². The van der Waals surface area contributed by atoms with Crippen molar-refractivity contribution in [3.05, 3.63) is 61.2 Å². The summed E-state index contributed by atoms with van der Waals surface area (Å²) in [5, 5.41) is 5.96. The highest BCUT2D eigenvalue weighted by molar-refractivity contribution is 5.93. The molecule has 6 heteroatoms. The summed E-state index contributed by atoms with van der Waals surface area (Å²) >= 11 is 0. The molecule has 0 saturated carbocycles. The third-order valence-electron chi connectivity index (χ3n) is 4.23. The summed E-state index contributed by atoms with van der Waals surface area (Å²) in [6, 6.07) is 14.8. The minimum absolute atomic E-state index is 0.145. The normalized spacial score (nSPS) is 15.6. The molecule has 2 aromatic carbocycles. The molecule has 1 amide bonds. The van der Waals surface area contributed by atoms with Gasteiger partial charge in [-0.3, -0.25) is 4.79 Å². The van der Waals surface area contributed by atoms with Crippen molar-refractivity contribution in [2.75, 3.05) is 37.0 Å². The van der Waals surface area contributed by atoms with E-state index in [-0.39, 0.29) is 18.6 Å². The highest BCUT2D eigenvalue weighted by atomic mass is 16.5. The number of carbonyl (C=O) groups excluding carboxylic acids is 1. The molecular formula is C22H26N2O4. The summed E-state index contributed by atoms with van der Waals surface area (Å²) < 4.78 is 16.8. The number of hydrogen-bond acceptors (Lipinski definition) is 5. The molecule has 1 unspecified atom stereocenters. The standard InChI is InChI=1S/C22H26N2O4/c1-2-11-26-19-8-3-6-17(13-19)23-15-22(25)24-18-7-4-9-20(14-18)28-16-21-10-5-12-27-21/h2-4,6-9,13-14,21,23H,1,5,10-12,15-16H2,(H,24,25). The molecule has 1 aliphatic rings. The molecule has 1 fully saturated rings. The van der Waals surface area contributed by atoms with E-state index in [1.54, 1.807) is 6.08 Å². The van der Waals surface area contributed by atoms with Crippen LogP contribution in [-0.2, 0) is 9.53 Å². The molecule has 0 radical (unpaired) electrons. The Kier molecular flexibility index (Phi) is 7.32. The fraction of sp³-hybridized carbons (Fsp3) is 0.318. The quantitative estimate of drug-likeness (QED) is 0.611. The van der Waals surface area contributed by atoms with Gasteiger partial charge in [-0.05, 0) is 37.1 Å². The van der Waals surface area contributed by atoms with Crippen molar-refractivity contribution in [1.29, 1.82) is 0 Å². The lowest BCUT2D eigenvalue weighted by molar-refractivity contribution is -0.114. The van der Waals surface area contributed by atoms with Gasteiger partial charge in [-0.15, -0.1) is 0 Å². The van der Waals surface area contributed by atoms with Gasteiger partial charge in [0, 0.05) is 30.1 Å². The van der Waals surface area contributed by atoms with Crippen LogP contribution in [0.2, 0.25) is 0 Å². The maximum Gasteiger partial charge on any atom is 0.243 e. The first-order chi connectivity index (χ1) is 13.7. The molecule has 0 bridgehead atoms. The topological polar surface area (TPSA) is 68.8 Å². The van der Waals surface area contributed by atoms with Gasteiger partial charge in [0.05, 0.1) is 12.6 Å². The molecule has 28 heavy (non-hydrogen) atoms. The van der Waals surface area contributed by atoms with Gasteiger partial charge in [0.25, 0.3) is 0 Å². The number of benzene rings is 2. The van der Waals surface area contributed by atoms with E-state index >= 15 is 0 Å². The van der Waals surface area contributed by atoms with E-state index in [0.717, 1.165) is 30.9 Å². The van der Waals surface area contributed by atoms with E-state index in [0.29, 0.717) is 24.7 Å². The first-order valence-electron chi connectivity index (χ1n) is 9.45. The average molecular weight is 382 g/mol. The van der Waals surface area contributed by atoms with Gasteiger partial charge in [0.2, 0.25) is 5.91 Å². The predicted octanol–water partition coefficient (Wildman–Crippen LogP) is 3.86.